The van der Waals surface area contributed by atoms with Crippen molar-refractivity contribution in [2.45, 2.75) is 22.8 Å². The molecule has 0 N–H and O–H groups in total. The molecule has 11 heteroatoms. The van der Waals surface area contributed by atoms with Crippen LogP contribution in [0, 0.1) is 0 Å². The Hall–Kier alpha value is -2.59. The van der Waals surface area contributed by atoms with E-state index in [1.165, 1.54) is 23.1 Å². The first-order valence-corrected chi connectivity index (χ1v) is 12.2. The lowest BCUT2D eigenvalue weighted by Crippen LogP contribution is -2.08. The van der Waals surface area contributed by atoms with Crippen molar-refractivity contribution in [2.24, 2.45) is 0 Å². The van der Waals surface area contributed by atoms with Crippen molar-refractivity contribution >= 4 is 52.3 Å². The predicted molar refractivity (Wildman–Crippen MR) is 130 cm³/mol. The Balaban J connectivity index is 1.63. The van der Waals surface area contributed by atoms with Crippen LogP contribution in [0.15, 0.2) is 58.0 Å². The number of esters is 1. The van der Waals surface area contributed by atoms with E-state index >= 15 is 0 Å². The van der Waals surface area contributed by atoms with Gasteiger partial charge in [-0.3, -0.25) is 0 Å². The minimum absolute atomic E-state index is 0.154. The Morgan fingerprint density at radius 1 is 1.15 bits per heavy atom. The van der Waals surface area contributed by atoms with Crippen LogP contribution < -0.4 is 4.74 Å². The number of aromatic nitrogens is 4. The van der Waals surface area contributed by atoms with Gasteiger partial charge in [-0.2, -0.15) is 0 Å². The minimum Gasteiger partial charge on any atom is -0.497 e. The first kappa shape index (κ1) is 23.6. The predicted octanol–water partition coefficient (Wildman–Crippen LogP) is 6.09. The summed E-state index contributed by atoms with van der Waals surface area (Å²) in [4.78, 5) is 17.9. The number of hydrogen-bond acceptors (Lipinski definition) is 8. The van der Waals surface area contributed by atoms with Crippen molar-refractivity contribution in [3.63, 3.8) is 0 Å². The third-order valence-corrected chi connectivity index (χ3v) is 7.48. The van der Waals surface area contributed by atoms with Crippen LogP contribution in [-0.4, -0.2) is 39.7 Å². The van der Waals surface area contributed by atoms with Gasteiger partial charge in [0.2, 0.25) is 5.69 Å². The van der Waals surface area contributed by atoms with Gasteiger partial charge >= 0.3 is 5.97 Å². The molecule has 2 aromatic heterocycles. The van der Waals surface area contributed by atoms with Gasteiger partial charge in [0, 0.05) is 6.20 Å². The molecule has 2 aromatic carbocycles. The highest BCUT2D eigenvalue weighted by Gasteiger charge is 2.23. The van der Waals surface area contributed by atoms with Crippen LogP contribution in [-0.2, 0) is 11.3 Å². The van der Waals surface area contributed by atoms with Crippen LogP contribution in [0.1, 0.15) is 23.0 Å². The summed E-state index contributed by atoms with van der Waals surface area (Å²) in [7, 11) is 1.62. The van der Waals surface area contributed by atoms with Gasteiger partial charge in [-0.1, -0.05) is 46.6 Å². The van der Waals surface area contributed by atoms with Gasteiger partial charge in [0.15, 0.2) is 4.34 Å². The van der Waals surface area contributed by atoms with E-state index in [1.807, 2.05) is 30.3 Å². The minimum atomic E-state index is -0.526. The van der Waals surface area contributed by atoms with Crippen LogP contribution in [0.3, 0.4) is 0 Å². The zero-order valence-electron chi connectivity index (χ0n) is 17.6. The molecule has 0 unspecified atom stereocenters. The Morgan fingerprint density at radius 2 is 1.94 bits per heavy atom. The molecule has 0 saturated carbocycles. The quantitative estimate of drug-likeness (QED) is 0.260. The second kappa shape index (κ2) is 10.6. The molecule has 0 aliphatic heterocycles. The standard InChI is InChI=1S/C22H18Cl2N4O3S2/c1-3-31-21(29)19-20(28(27-26-19)12-13-4-7-15(30-2)8-5-13)33-22-25-11-18(32-22)14-6-9-16(23)17(24)10-14/h4-11H,3,12H2,1-2H3. The van der Waals surface area contributed by atoms with E-state index in [1.54, 1.807) is 37.0 Å². The normalized spacial score (nSPS) is 10.9. The number of nitrogens with zero attached hydrogens (tertiary/aromatic N) is 4. The number of carbonyl (C=O) groups excluding carboxylic acids is 1. The zero-order chi connectivity index (χ0) is 23.4. The highest BCUT2D eigenvalue weighted by Crippen LogP contribution is 2.38. The maximum absolute atomic E-state index is 12.5. The monoisotopic (exact) mass is 520 g/mol. The Morgan fingerprint density at radius 3 is 2.64 bits per heavy atom. The number of hydrogen-bond donors (Lipinski definition) is 0. The Kier molecular flexibility index (Phi) is 7.54. The second-order valence-corrected chi connectivity index (χ2v) is 9.77. The average Bonchev–Trinajstić information content (AvgIpc) is 3.44. The summed E-state index contributed by atoms with van der Waals surface area (Å²) in [5.74, 6) is 0.235. The van der Waals surface area contributed by atoms with E-state index in [2.05, 4.69) is 15.3 Å². The van der Waals surface area contributed by atoms with Crippen molar-refractivity contribution in [3.05, 3.63) is 70.0 Å². The van der Waals surface area contributed by atoms with Gasteiger partial charge in [-0.25, -0.2) is 14.5 Å². The molecule has 0 saturated heterocycles. The van der Waals surface area contributed by atoms with Gasteiger partial charge in [-0.15, -0.1) is 16.4 Å². The molecule has 7 nitrogen and oxygen atoms in total. The fourth-order valence-electron chi connectivity index (χ4n) is 2.91. The molecule has 0 fully saturated rings. The summed E-state index contributed by atoms with van der Waals surface area (Å²) in [6.45, 7) is 2.41. The van der Waals surface area contributed by atoms with Gasteiger partial charge in [0.25, 0.3) is 0 Å². The third kappa shape index (κ3) is 5.50. The van der Waals surface area contributed by atoms with E-state index in [4.69, 9.17) is 32.7 Å². The van der Waals surface area contributed by atoms with E-state index in [9.17, 15) is 4.79 Å². The molecule has 0 radical (unpaired) electrons. The number of rotatable bonds is 8. The number of methoxy groups -OCH3 is 1. The van der Waals surface area contributed by atoms with Gasteiger partial charge in [0.05, 0.1) is 35.2 Å². The molecule has 0 bridgehead atoms. The number of carbonyl (C=O) groups is 1. The fraction of sp³-hybridized carbons (Fsp3) is 0.182. The lowest BCUT2D eigenvalue weighted by Gasteiger charge is -2.07. The SMILES string of the molecule is CCOC(=O)c1nnn(Cc2ccc(OC)cc2)c1Sc1ncc(-c2ccc(Cl)c(Cl)c2)s1. The summed E-state index contributed by atoms with van der Waals surface area (Å²) in [5, 5.41) is 9.81. The number of halogens is 2. The molecule has 4 rings (SSSR count). The molecule has 0 amide bonds. The Labute approximate surface area is 208 Å². The molecular weight excluding hydrogens is 503 g/mol. The van der Waals surface area contributed by atoms with E-state index in [0.717, 1.165) is 26.1 Å². The maximum Gasteiger partial charge on any atom is 0.361 e. The van der Waals surface area contributed by atoms with Crippen molar-refractivity contribution in [1.82, 2.24) is 20.0 Å². The van der Waals surface area contributed by atoms with Crippen LogP contribution in [0.5, 0.6) is 5.75 Å². The summed E-state index contributed by atoms with van der Waals surface area (Å²) < 4.78 is 12.8. The number of thiazole rings is 1. The zero-order valence-corrected chi connectivity index (χ0v) is 20.8. The third-order valence-electron chi connectivity index (χ3n) is 4.52. The first-order valence-electron chi connectivity index (χ1n) is 9.81. The highest BCUT2D eigenvalue weighted by molar-refractivity contribution is 8.01. The van der Waals surface area contributed by atoms with Crippen molar-refractivity contribution in [1.29, 1.82) is 0 Å². The smallest absolute Gasteiger partial charge is 0.361 e. The summed E-state index contributed by atoms with van der Waals surface area (Å²) >= 11 is 15.0. The highest BCUT2D eigenvalue weighted by atomic mass is 35.5. The molecule has 0 aliphatic carbocycles. The molecular formula is C22H18Cl2N4O3S2. The van der Waals surface area contributed by atoms with Crippen LogP contribution in [0.4, 0.5) is 0 Å². The second-order valence-electron chi connectivity index (χ2n) is 6.69. The Bertz CT molecular complexity index is 1280. The van der Waals surface area contributed by atoms with Gasteiger partial charge in [-0.05, 0) is 54.1 Å². The molecule has 170 valence electrons. The molecule has 0 aliphatic rings. The fourth-order valence-corrected chi connectivity index (χ4v) is 5.22. The van der Waals surface area contributed by atoms with E-state index in [-0.39, 0.29) is 12.3 Å². The van der Waals surface area contributed by atoms with E-state index in [0.29, 0.717) is 21.6 Å². The lowest BCUT2D eigenvalue weighted by molar-refractivity contribution is 0.0515. The number of ether oxygens (including phenoxy) is 2. The molecule has 33 heavy (non-hydrogen) atoms. The molecule has 0 spiro atoms. The molecule has 4 aromatic rings. The van der Waals surface area contributed by atoms with Crippen LogP contribution in [0.25, 0.3) is 10.4 Å². The van der Waals surface area contributed by atoms with Crippen LogP contribution >= 0.6 is 46.3 Å². The molecule has 2 heterocycles. The van der Waals surface area contributed by atoms with Crippen molar-refractivity contribution in [3.8, 4) is 16.2 Å². The summed E-state index contributed by atoms with van der Waals surface area (Å²) in [5.41, 5.74) is 2.04. The molecule has 0 atom stereocenters. The number of benzene rings is 2. The topological polar surface area (TPSA) is 79.1 Å². The first-order chi connectivity index (χ1) is 16.0. The van der Waals surface area contributed by atoms with E-state index < -0.39 is 5.97 Å². The lowest BCUT2D eigenvalue weighted by atomic mass is 10.2. The van der Waals surface area contributed by atoms with Gasteiger partial charge in [0.1, 0.15) is 10.8 Å². The summed E-state index contributed by atoms with van der Waals surface area (Å²) in [6.07, 6.45) is 1.76. The van der Waals surface area contributed by atoms with Gasteiger partial charge < -0.3 is 9.47 Å². The van der Waals surface area contributed by atoms with Crippen molar-refractivity contribution < 1.29 is 14.3 Å². The largest absolute Gasteiger partial charge is 0.497 e. The van der Waals surface area contributed by atoms with Crippen LogP contribution in [0.2, 0.25) is 10.0 Å². The maximum atomic E-state index is 12.5. The van der Waals surface area contributed by atoms with Crippen molar-refractivity contribution in [2.75, 3.05) is 13.7 Å². The average molecular weight is 521 g/mol. The summed E-state index contributed by atoms with van der Waals surface area (Å²) in [6, 6.07) is 13.0.